The molecule has 0 bridgehead atoms. The Hall–Kier alpha value is -2.71. The van der Waals surface area contributed by atoms with Gasteiger partial charge in [-0.15, -0.1) is 0 Å². The molecule has 34 heavy (non-hydrogen) atoms. The van der Waals surface area contributed by atoms with Crippen LogP contribution in [-0.2, 0) is 26.0 Å². The van der Waals surface area contributed by atoms with Crippen LogP contribution in [0.4, 0.5) is 5.69 Å². The van der Waals surface area contributed by atoms with Crippen LogP contribution >= 0.6 is 0 Å². The molecule has 2 aromatic carbocycles. The molecule has 8 heteroatoms. The van der Waals surface area contributed by atoms with Gasteiger partial charge in [0.1, 0.15) is 0 Å². The zero-order chi connectivity index (χ0) is 24.3. The molecule has 1 N–H and O–H groups in total. The highest BCUT2D eigenvalue weighted by atomic mass is 32.2. The Kier molecular flexibility index (Phi) is 7.38. The Morgan fingerprint density at radius 1 is 0.971 bits per heavy atom. The molecule has 1 atom stereocenters. The van der Waals surface area contributed by atoms with Crippen molar-refractivity contribution >= 4 is 27.5 Å². The van der Waals surface area contributed by atoms with Crippen molar-refractivity contribution in [2.75, 3.05) is 31.5 Å². The zero-order valence-electron chi connectivity index (χ0n) is 19.9. The van der Waals surface area contributed by atoms with Gasteiger partial charge in [-0.2, -0.15) is 4.31 Å². The monoisotopic (exact) mass is 483 g/mol. The number of carbonyl (C=O) groups excluding carboxylic acids is 2. The Morgan fingerprint density at radius 3 is 2.38 bits per heavy atom. The lowest BCUT2D eigenvalue weighted by molar-refractivity contribution is -0.129. The summed E-state index contributed by atoms with van der Waals surface area (Å²) in [7, 11) is -3.66. The van der Waals surface area contributed by atoms with Gasteiger partial charge in [0.15, 0.2) is 0 Å². The fourth-order valence-corrected chi connectivity index (χ4v) is 6.54. The van der Waals surface area contributed by atoms with Crippen molar-refractivity contribution in [2.45, 2.75) is 50.8 Å². The van der Waals surface area contributed by atoms with Crippen LogP contribution in [0, 0.1) is 19.8 Å². The van der Waals surface area contributed by atoms with Gasteiger partial charge in [-0.05, 0) is 74.4 Å². The molecule has 0 spiro atoms. The van der Waals surface area contributed by atoms with Crippen molar-refractivity contribution in [1.82, 2.24) is 9.21 Å². The maximum atomic E-state index is 13.3. The Bertz CT molecular complexity index is 1160. The first-order valence-corrected chi connectivity index (χ1v) is 13.4. The van der Waals surface area contributed by atoms with Crippen molar-refractivity contribution < 1.29 is 18.0 Å². The molecule has 7 nitrogen and oxygen atoms in total. The smallest absolute Gasteiger partial charge is 0.243 e. The van der Waals surface area contributed by atoms with Crippen LogP contribution < -0.4 is 5.32 Å². The molecule has 2 aliphatic heterocycles. The maximum Gasteiger partial charge on any atom is 0.243 e. The van der Waals surface area contributed by atoms with E-state index in [1.54, 1.807) is 25.1 Å². The summed E-state index contributed by atoms with van der Waals surface area (Å²) >= 11 is 0. The summed E-state index contributed by atoms with van der Waals surface area (Å²) in [6.07, 6.45) is 3.79. The summed E-state index contributed by atoms with van der Waals surface area (Å²) < 4.78 is 28.0. The van der Waals surface area contributed by atoms with Gasteiger partial charge in [0, 0.05) is 31.9 Å². The first-order chi connectivity index (χ1) is 16.2. The Balaban J connectivity index is 1.37. The van der Waals surface area contributed by atoms with Crippen molar-refractivity contribution in [1.29, 1.82) is 0 Å². The molecule has 2 saturated heterocycles. The SMILES string of the molecule is Cc1ccc(C)c(S(=O)(=O)N2CCC[C@@H](C(=O)Nc3ccc(CC(=O)N4CCCC4)cc3)C2)c1. The van der Waals surface area contributed by atoms with E-state index < -0.39 is 15.9 Å². The van der Waals surface area contributed by atoms with Crippen LogP contribution in [0.1, 0.15) is 42.4 Å². The van der Waals surface area contributed by atoms with E-state index in [9.17, 15) is 18.0 Å². The van der Waals surface area contributed by atoms with Gasteiger partial charge >= 0.3 is 0 Å². The lowest BCUT2D eigenvalue weighted by Gasteiger charge is -2.31. The van der Waals surface area contributed by atoms with Crippen LogP contribution in [0.15, 0.2) is 47.4 Å². The standard InChI is InChI=1S/C26H33N3O4S/c1-19-7-8-20(2)24(16-19)34(32,33)29-15-5-6-22(18-29)26(31)27-23-11-9-21(10-12-23)17-25(30)28-13-3-4-14-28/h7-12,16,22H,3-6,13-15,17-18H2,1-2H3,(H,27,31)/t22-/m1/s1. The lowest BCUT2D eigenvalue weighted by atomic mass is 9.98. The topological polar surface area (TPSA) is 86.8 Å². The third kappa shape index (κ3) is 5.50. The van der Waals surface area contributed by atoms with Gasteiger partial charge in [0.05, 0.1) is 17.2 Å². The minimum atomic E-state index is -3.66. The molecule has 0 aliphatic carbocycles. The highest BCUT2D eigenvalue weighted by Crippen LogP contribution is 2.27. The van der Waals surface area contributed by atoms with E-state index in [1.165, 1.54) is 4.31 Å². The van der Waals surface area contributed by atoms with E-state index in [0.717, 1.165) is 37.1 Å². The van der Waals surface area contributed by atoms with Crippen molar-refractivity contribution in [3.05, 3.63) is 59.2 Å². The second kappa shape index (κ2) is 10.3. The van der Waals surface area contributed by atoms with Gasteiger partial charge < -0.3 is 10.2 Å². The number of hydrogen-bond acceptors (Lipinski definition) is 4. The molecular weight excluding hydrogens is 450 g/mol. The largest absolute Gasteiger partial charge is 0.342 e. The number of rotatable bonds is 6. The van der Waals surface area contributed by atoms with Gasteiger partial charge in [-0.3, -0.25) is 9.59 Å². The second-order valence-corrected chi connectivity index (χ2v) is 11.3. The van der Waals surface area contributed by atoms with Crippen molar-refractivity contribution in [3.63, 3.8) is 0 Å². The Labute approximate surface area is 202 Å². The molecule has 2 amide bonds. The summed E-state index contributed by atoms with van der Waals surface area (Å²) in [5, 5.41) is 2.92. The summed E-state index contributed by atoms with van der Waals surface area (Å²) in [5.74, 6) is -0.451. The van der Waals surface area contributed by atoms with Crippen LogP contribution in [0.5, 0.6) is 0 Å². The van der Waals surface area contributed by atoms with Gasteiger partial charge in [-0.25, -0.2) is 8.42 Å². The van der Waals surface area contributed by atoms with Gasteiger partial charge in [0.2, 0.25) is 21.8 Å². The molecule has 182 valence electrons. The first-order valence-electron chi connectivity index (χ1n) is 12.0. The number of nitrogens with one attached hydrogen (secondary N) is 1. The zero-order valence-corrected chi connectivity index (χ0v) is 20.7. The average molecular weight is 484 g/mol. The van der Waals surface area contributed by atoms with Crippen LogP contribution in [0.25, 0.3) is 0 Å². The molecule has 0 radical (unpaired) electrons. The molecule has 2 aliphatic rings. The Morgan fingerprint density at radius 2 is 1.68 bits per heavy atom. The average Bonchev–Trinajstić information content (AvgIpc) is 3.37. The number of carbonyl (C=O) groups is 2. The summed E-state index contributed by atoms with van der Waals surface area (Å²) in [5.41, 5.74) is 3.16. The second-order valence-electron chi connectivity index (χ2n) is 9.42. The van der Waals surface area contributed by atoms with Gasteiger partial charge in [0.25, 0.3) is 0 Å². The predicted octanol–water partition coefficient (Wildman–Crippen LogP) is 3.51. The molecule has 2 fully saturated rings. The van der Waals surface area contributed by atoms with E-state index >= 15 is 0 Å². The molecule has 0 saturated carbocycles. The van der Waals surface area contributed by atoms with E-state index in [-0.39, 0.29) is 18.4 Å². The number of nitrogens with zero attached hydrogens (tertiary/aromatic N) is 2. The summed E-state index contributed by atoms with van der Waals surface area (Å²) in [6.45, 7) is 5.93. The van der Waals surface area contributed by atoms with E-state index in [0.29, 0.717) is 42.0 Å². The lowest BCUT2D eigenvalue weighted by Crippen LogP contribution is -2.43. The number of likely N-dealkylation sites (tertiary alicyclic amines) is 1. The number of hydrogen-bond donors (Lipinski definition) is 1. The number of amides is 2. The number of piperidine rings is 1. The highest BCUT2D eigenvalue weighted by Gasteiger charge is 2.34. The summed E-state index contributed by atoms with van der Waals surface area (Å²) in [4.78, 5) is 27.5. The molecular formula is C26H33N3O4S. The molecule has 0 unspecified atom stereocenters. The van der Waals surface area contributed by atoms with E-state index in [2.05, 4.69) is 5.32 Å². The third-order valence-electron chi connectivity index (χ3n) is 6.75. The predicted molar refractivity (Wildman–Crippen MR) is 132 cm³/mol. The minimum Gasteiger partial charge on any atom is -0.342 e. The van der Waals surface area contributed by atoms with Crippen LogP contribution in [0.2, 0.25) is 0 Å². The quantitative estimate of drug-likeness (QED) is 0.681. The number of anilines is 1. The normalized spacial score (nSPS) is 19.2. The van der Waals surface area contributed by atoms with Crippen molar-refractivity contribution in [3.8, 4) is 0 Å². The van der Waals surface area contributed by atoms with Crippen LogP contribution in [0.3, 0.4) is 0 Å². The fraction of sp³-hybridized carbons (Fsp3) is 0.462. The highest BCUT2D eigenvalue weighted by molar-refractivity contribution is 7.89. The maximum absolute atomic E-state index is 13.3. The molecule has 2 aromatic rings. The number of benzene rings is 2. The fourth-order valence-electron chi connectivity index (χ4n) is 4.70. The van der Waals surface area contributed by atoms with E-state index in [1.807, 2.05) is 36.1 Å². The number of sulfonamides is 1. The molecule has 0 aromatic heterocycles. The van der Waals surface area contributed by atoms with Crippen molar-refractivity contribution in [2.24, 2.45) is 5.92 Å². The molecule has 2 heterocycles. The first kappa shape index (κ1) is 24.4. The van der Waals surface area contributed by atoms with Crippen LogP contribution in [-0.4, -0.2) is 55.6 Å². The summed E-state index contributed by atoms with van der Waals surface area (Å²) in [6, 6.07) is 12.7. The molecule has 4 rings (SSSR count). The van der Waals surface area contributed by atoms with Gasteiger partial charge in [-0.1, -0.05) is 24.3 Å². The minimum absolute atomic E-state index is 0.140. The van der Waals surface area contributed by atoms with E-state index in [4.69, 9.17) is 0 Å². The number of aryl methyl sites for hydroxylation is 2. The third-order valence-corrected chi connectivity index (χ3v) is 8.76.